The van der Waals surface area contributed by atoms with Crippen LogP contribution in [0.25, 0.3) is 22.5 Å². The predicted octanol–water partition coefficient (Wildman–Crippen LogP) is 7.86. The first-order valence-corrected chi connectivity index (χ1v) is 10.8. The molecule has 2 aromatic heterocycles. The molecule has 1 atom stereocenters. The maximum atomic E-state index is 8.73. The fourth-order valence-corrected chi connectivity index (χ4v) is 3.36. The minimum absolute atomic E-state index is 0. The average molecular weight is 640 g/mol. The minimum Gasteiger partial charge on any atom is -0.305 e. The van der Waals surface area contributed by atoms with Crippen LogP contribution in [0.4, 0.5) is 0 Å². The second-order valence-electron chi connectivity index (χ2n) is 7.62. The molecular formula is C32H28IrN2-2. The van der Waals surface area contributed by atoms with Gasteiger partial charge in [0.25, 0.3) is 0 Å². The number of nitrogens with zero attached hydrogens (tertiary/aromatic N) is 2. The Labute approximate surface area is 232 Å². The van der Waals surface area contributed by atoms with Crippen molar-refractivity contribution in [3.05, 3.63) is 144 Å². The first kappa shape index (κ1) is 18.0. The summed E-state index contributed by atoms with van der Waals surface area (Å²) in [6.07, 6.45) is 3.06. The van der Waals surface area contributed by atoms with Crippen LogP contribution in [0.2, 0.25) is 0 Å². The van der Waals surface area contributed by atoms with Crippen LogP contribution in [0.15, 0.2) is 109 Å². The van der Waals surface area contributed by atoms with Gasteiger partial charge in [-0.25, -0.2) is 0 Å². The van der Waals surface area contributed by atoms with E-state index in [2.05, 4.69) is 22.1 Å². The first-order valence-electron chi connectivity index (χ1n) is 14.3. The quantitative estimate of drug-likeness (QED) is 0.187. The molecule has 1 unspecified atom stereocenters. The summed E-state index contributed by atoms with van der Waals surface area (Å²) in [5.41, 5.74) is 5.24. The number of rotatable bonds is 4. The Bertz CT molecular complexity index is 1500. The van der Waals surface area contributed by atoms with E-state index in [9.17, 15) is 0 Å². The maximum Gasteiger partial charge on any atom is 0.0399 e. The molecule has 0 fully saturated rings. The smallest absolute Gasteiger partial charge is 0.0399 e. The van der Waals surface area contributed by atoms with Gasteiger partial charge >= 0.3 is 0 Å². The summed E-state index contributed by atoms with van der Waals surface area (Å²) in [5.74, 6) is -0.798. The van der Waals surface area contributed by atoms with Gasteiger partial charge in [0.15, 0.2) is 0 Å². The summed E-state index contributed by atoms with van der Waals surface area (Å²) in [6, 6.07) is 35.2. The number of hydrogen-bond acceptors (Lipinski definition) is 2. The molecule has 0 amide bonds. The van der Waals surface area contributed by atoms with Gasteiger partial charge < -0.3 is 9.97 Å². The van der Waals surface area contributed by atoms with Gasteiger partial charge in [0, 0.05) is 48.0 Å². The number of aryl methyl sites for hydroxylation is 2. The summed E-state index contributed by atoms with van der Waals surface area (Å²) in [4.78, 5) is 8.48. The van der Waals surface area contributed by atoms with Crippen molar-refractivity contribution in [1.29, 1.82) is 0 Å². The van der Waals surface area contributed by atoms with Crippen molar-refractivity contribution < 1.29 is 29.7 Å². The van der Waals surface area contributed by atoms with E-state index >= 15 is 0 Å². The molecule has 3 heteroatoms. The molecule has 2 heterocycles. The van der Waals surface area contributed by atoms with E-state index < -0.39 is 19.6 Å². The Morgan fingerprint density at radius 1 is 0.743 bits per heavy atom. The maximum absolute atomic E-state index is 8.73. The Hall–Kier alpha value is -3.39. The van der Waals surface area contributed by atoms with Crippen molar-refractivity contribution in [2.24, 2.45) is 0 Å². The fraction of sp³-hybridized carbons (Fsp3) is 0.125. The van der Waals surface area contributed by atoms with Gasteiger partial charge in [-0.15, -0.1) is 71.3 Å². The van der Waals surface area contributed by atoms with Crippen LogP contribution >= 0.6 is 0 Å². The normalized spacial score (nSPS) is 15.5. The molecule has 0 saturated carbocycles. The predicted molar refractivity (Wildman–Crippen MR) is 140 cm³/mol. The van der Waals surface area contributed by atoms with E-state index in [0.717, 1.165) is 22.4 Å². The molecule has 3 aromatic carbocycles. The van der Waals surface area contributed by atoms with Crippen LogP contribution in [0.1, 0.15) is 44.7 Å². The second kappa shape index (κ2) is 12.9. The van der Waals surface area contributed by atoms with Gasteiger partial charge in [-0.1, -0.05) is 62.3 Å². The van der Waals surface area contributed by atoms with E-state index in [1.165, 1.54) is 24.4 Å². The summed E-state index contributed by atoms with van der Waals surface area (Å²) in [5, 5.41) is 0. The molecule has 35 heavy (non-hydrogen) atoms. The van der Waals surface area contributed by atoms with E-state index in [-0.39, 0.29) is 31.2 Å². The molecule has 0 saturated heterocycles. The van der Waals surface area contributed by atoms with Crippen LogP contribution in [-0.4, -0.2) is 9.97 Å². The molecule has 0 spiro atoms. The molecule has 0 N–H and O–H groups in total. The van der Waals surface area contributed by atoms with Gasteiger partial charge in [0.05, 0.1) is 0 Å². The SMILES string of the molecule is [2H]C(C)(c1ccccc1)c1ccnc(-c2[c-]cccc2)c1.[2H]C([2H])([2H])c1c[c-]c(-c2ccc(C([2H])([2H])[2H])cn2)cc1.[Ir]. The average Bonchev–Trinajstić information content (AvgIpc) is 2.98. The molecule has 0 aliphatic heterocycles. The van der Waals surface area contributed by atoms with Crippen molar-refractivity contribution in [3.8, 4) is 22.5 Å². The van der Waals surface area contributed by atoms with Crippen LogP contribution in [0, 0.1) is 25.8 Å². The monoisotopic (exact) mass is 640 g/mol. The van der Waals surface area contributed by atoms with Gasteiger partial charge in [0.1, 0.15) is 0 Å². The van der Waals surface area contributed by atoms with Crippen LogP contribution in [0.3, 0.4) is 0 Å². The van der Waals surface area contributed by atoms with Crippen LogP contribution in [0.5, 0.6) is 0 Å². The van der Waals surface area contributed by atoms with Gasteiger partial charge in [0.2, 0.25) is 0 Å². The van der Waals surface area contributed by atoms with Crippen molar-refractivity contribution >= 4 is 0 Å². The van der Waals surface area contributed by atoms with Gasteiger partial charge in [-0.3, -0.25) is 0 Å². The summed E-state index contributed by atoms with van der Waals surface area (Å²) in [6.45, 7) is -2.43. The zero-order valence-corrected chi connectivity index (χ0v) is 21.5. The zero-order valence-electron chi connectivity index (χ0n) is 26.1. The summed E-state index contributed by atoms with van der Waals surface area (Å²) in [7, 11) is 0. The third kappa shape index (κ3) is 7.29. The molecule has 0 bridgehead atoms. The van der Waals surface area contributed by atoms with Crippen molar-refractivity contribution in [3.63, 3.8) is 0 Å². The Balaban J connectivity index is 0.000000225. The topological polar surface area (TPSA) is 25.8 Å². The zero-order chi connectivity index (χ0) is 29.7. The largest absolute Gasteiger partial charge is 0.305 e. The van der Waals surface area contributed by atoms with Crippen molar-refractivity contribution in [2.75, 3.05) is 0 Å². The number of hydrogen-bond donors (Lipinski definition) is 0. The van der Waals surface area contributed by atoms with E-state index in [0.29, 0.717) is 11.3 Å². The standard InChI is InChI=1S/C19H16N.C13H12N.Ir/c1-15(16-8-4-2-5-9-16)18-12-13-20-19(14-18)17-10-6-3-7-11-17;1-10-3-6-12(7-4-10)13-8-5-11(2)9-14-13;/h2-10,12-15H,1H3;3-6,8-9H,1-2H3;/q2*-1;/i15D;1D3,2D3;. The number of benzene rings is 3. The van der Waals surface area contributed by atoms with Crippen LogP contribution in [-0.2, 0) is 20.1 Å². The molecule has 0 aliphatic carbocycles. The second-order valence-corrected chi connectivity index (χ2v) is 7.62. The van der Waals surface area contributed by atoms with Gasteiger partial charge in [-0.2, -0.15) is 0 Å². The Kier molecular flexibility index (Phi) is 6.62. The van der Waals surface area contributed by atoms with Gasteiger partial charge in [-0.05, 0) is 41.0 Å². The Morgan fingerprint density at radius 2 is 1.51 bits per heavy atom. The molecule has 1 radical (unpaired) electrons. The molecule has 2 nitrogen and oxygen atoms in total. The number of aromatic nitrogens is 2. The number of pyridine rings is 2. The molecule has 5 aromatic rings. The fourth-order valence-electron chi connectivity index (χ4n) is 3.36. The van der Waals surface area contributed by atoms with Crippen LogP contribution < -0.4 is 0 Å². The van der Waals surface area contributed by atoms with E-state index in [4.69, 9.17) is 9.60 Å². The first-order chi connectivity index (χ1) is 19.4. The van der Waals surface area contributed by atoms with E-state index in [1.807, 2.05) is 73.7 Å². The minimum atomic E-state index is -2.18. The third-order valence-electron chi connectivity index (χ3n) is 5.24. The van der Waals surface area contributed by atoms with Crippen molar-refractivity contribution in [2.45, 2.75) is 26.5 Å². The molecule has 0 aliphatic rings. The summed E-state index contributed by atoms with van der Waals surface area (Å²) >= 11 is 0. The third-order valence-corrected chi connectivity index (χ3v) is 5.24. The molecule has 177 valence electrons. The Morgan fingerprint density at radius 3 is 2.17 bits per heavy atom. The summed E-state index contributed by atoms with van der Waals surface area (Å²) < 4.78 is 52.4. The molecular weight excluding hydrogens is 605 g/mol. The van der Waals surface area contributed by atoms with E-state index in [1.54, 1.807) is 18.3 Å². The van der Waals surface area contributed by atoms with Crippen molar-refractivity contribution in [1.82, 2.24) is 9.97 Å². The molecule has 5 rings (SSSR count).